The molecule has 0 spiro atoms. The van der Waals surface area contributed by atoms with Gasteiger partial charge in [-0.3, -0.25) is 4.79 Å². The van der Waals surface area contributed by atoms with Crippen molar-refractivity contribution in [1.29, 1.82) is 0 Å². The summed E-state index contributed by atoms with van der Waals surface area (Å²) in [5.74, 6) is -0.815. The third-order valence-corrected chi connectivity index (χ3v) is 4.48. The first-order chi connectivity index (χ1) is 9.97. The second-order valence-electron chi connectivity index (χ2n) is 5.89. The minimum absolute atomic E-state index is 0.0332. The third kappa shape index (κ3) is 5.91. The summed E-state index contributed by atoms with van der Waals surface area (Å²) in [7, 11) is 0. The van der Waals surface area contributed by atoms with E-state index in [-0.39, 0.29) is 30.5 Å². The number of carboxylic acid groups (broad SMARTS) is 1. The van der Waals surface area contributed by atoms with E-state index >= 15 is 0 Å². The van der Waals surface area contributed by atoms with E-state index in [1.54, 1.807) is 0 Å². The predicted octanol–water partition coefficient (Wildman–Crippen LogP) is 1.73. The Hall–Kier alpha value is -1.30. The molecule has 1 saturated carbocycles. The maximum Gasteiger partial charge on any atom is 0.315 e. The molecule has 6 heteroatoms. The van der Waals surface area contributed by atoms with Crippen LogP contribution < -0.4 is 10.6 Å². The molecule has 0 aromatic carbocycles. The number of rotatable bonds is 7. The molecule has 1 aliphatic rings. The summed E-state index contributed by atoms with van der Waals surface area (Å²) in [6.45, 7) is 4.30. The lowest BCUT2D eigenvalue weighted by Crippen LogP contribution is -2.46. The zero-order chi connectivity index (χ0) is 15.8. The van der Waals surface area contributed by atoms with Gasteiger partial charge < -0.3 is 20.8 Å². The second-order valence-corrected chi connectivity index (χ2v) is 5.89. The molecule has 0 aromatic rings. The molecule has 0 heterocycles. The highest BCUT2D eigenvalue weighted by atomic mass is 16.4. The SMILES string of the molecule is CCC(CC)C(O)CNC(=O)NC1CCC(C(=O)O)CC1. The van der Waals surface area contributed by atoms with E-state index in [4.69, 9.17) is 5.11 Å². The van der Waals surface area contributed by atoms with Crippen LogP contribution in [0.5, 0.6) is 0 Å². The first kappa shape index (κ1) is 17.8. The van der Waals surface area contributed by atoms with Gasteiger partial charge in [-0.25, -0.2) is 4.79 Å². The summed E-state index contributed by atoms with van der Waals surface area (Å²) in [6, 6.07) is -0.246. The van der Waals surface area contributed by atoms with Crippen LogP contribution >= 0.6 is 0 Å². The predicted molar refractivity (Wildman–Crippen MR) is 80.0 cm³/mol. The van der Waals surface area contributed by atoms with Crippen molar-refractivity contribution < 1.29 is 19.8 Å². The number of hydrogen-bond acceptors (Lipinski definition) is 3. The Morgan fingerprint density at radius 1 is 1.14 bits per heavy atom. The van der Waals surface area contributed by atoms with Gasteiger partial charge in [-0.05, 0) is 31.6 Å². The molecule has 21 heavy (non-hydrogen) atoms. The van der Waals surface area contributed by atoms with E-state index < -0.39 is 12.1 Å². The standard InChI is InChI=1S/C15H28N2O4/c1-3-10(4-2)13(18)9-16-15(21)17-12-7-5-11(6-8-12)14(19)20/h10-13,18H,3-9H2,1-2H3,(H,19,20)(H2,16,17,21). The Balaban J connectivity index is 2.24. The van der Waals surface area contributed by atoms with Gasteiger partial charge in [0.05, 0.1) is 12.0 Å². The molecule has 1 rings (SSSR count). The first-order valence-corrected chi connectivity index (χ1v) is 7.93. The molecule has 1 aliphatic carbocycles. The lowest BCUT2D eigenvalue weighted by atomic mass is 9.86. The summed E-state index contributed by atoms with van der Waals surface area (Å²) < 4.78 is 0. The number of aliphatic hydroxyl groups excluding tert-OH is 1. The van der Waals surface area contributed by atoms with Crippen LogP contribution in [0.15, 0.2) is 0 Å². The van der Waals surface area contributed by atoms with Gasteiger partial charge in [0, 0.05) is 12.6 Å². The van der Waals surface area contributed by atoms with Crippen molar-refractivity contribution >= 4 is 12.0 Å². The third-order valence-electron chi connectivity index (χ3n) is 4.48. The number of carboxylic acids is 1. The molecular formula is C15H28N2O4. The normalized spacial score (nSPS) is 23.6. The second kappa shape index (κ2) is 8.87. The molecule has 122 valence electrons. The van der Waals surface area contributed by atoms with Crippen LogP contribution in [0.2, 0.25) is 0 Å². The van der Waals surface area contributed by atoms with E-state index in [0.717, 1.165) is 12.8 Å². The van der Waals surface area contributed by atoms with Crippen LogP contribution in [0.1, 0.15) is 52.4 Å². The van der Waals surface area contributed by atoms with Gasteiger partial charge in [0.1, 0.15) is 0 Å². The van der Waals surface area contributed by atoms with Crippen LogP contribution in [0.4, 0.5) is 4.79 Å². The largest absolute Gasteiger partial charge is 0.481 e. The number of urea groups is 1. The van der Waals surface area contributed by atoms with E-state index in [9.17, 15) is 14.7 Å². The Morgan fingerprint density at radius 2 is 1.71 bits per heavy atom. The quantitative estimate of drug-likeness (QED) is 0.575. The van der Waals surface area contributed by atoms with Gasteiger partial charge in [-0.2, -0.15) is 0 Å². The maximum absolute atomic E-state index is 11.8. The highest BCUT2D eigenvalue weighted by Crippen LogP contribution is 2.24. The van der Waals surface area contributed by atoms with Crippen molar-refractivity contribution in [2.24, 2.45) is 11.8 Å². The van der Waals surface area contributed by atoms with Crippen molar-refractivity contribution in [3.63, 3.8) is 0 Å². The lowest BCUT2D eigenvalue weighted by molar-refractivity contribution is -0.142. The van der Waals surface area contributed by atoms with Gasteiger partial charge in [0.2, 0.25) is 0 Å². The molecule has 1 fully saturated rings. The number of aliphatic carboxylic acids is 1. The molecule has 0 radical (unpaired) electrons. The van der Waals surface area contributed by atoms with Crippen LogP contribution in [-0.4, -0.2) is 40.9 Å². The fourth-order valence-corrected chi connectivity index (χ4v) is 2.92. The van der Waals surface area contributed by atoms with Crippen LogP contribution in [-0.2, 0) is 4.79 Å². The summed E-state index contributed by atoms with van der Waals surface area (Å²) >= 11 is 0. The molecule has 0 aromatic heterocycles. The maximum atomic E-state index is 11.8. The Bertz CT molecular complexity index is 337. The average Bonchev–Trinajstić information content (AvgIpc) is 2.47. The highest BCUT2D eigenvalue weighted by Gasteiger charge is 2.26. The molecule has 0 saturated heterocycles. The van der Waals surface area contributed by atoms with Gasteiger partial charge in [0.15, 0.2) is 0 Å². The van der Waals surface area contributed by atoms with Crippen LogP contribution in [0.3, 0.4) is 0 Å². The molecule has 0 aliphatic heterocycles. The van der Waals surface area contributed by atoms with Crippen molar-refractivity contribution in [1.82, 2.24) is 10.6 Å². The molecule has 1 unspecified atom stereocenters. The van der Waals surface area contributed by atoms with Crippen molar-refractivity contribution in [3.05, 3.63) is 0 Å². The van der Waals surface area contributed by atoms with E-state index in [1.807, 2.05) is 13.8 Å². The van der Waals surface area contributed by atoms with Gasteiger partial charge in [0.25, 0.3) is 0 Å². The lowest BCUT2D eigenvalue weighted by Gasteiger charge is -2.27. The fourth-order valence-electron chi connectivity index (χ4n) is 2.92. The molecule has 1 atom stereocenters. The highest BCUT2D eigenvalue weighted by molar-refractivity contribution is 5.74. The smallest absolute Gasteiger partial charge is 0.315 e. The number of aliphatic hydroxyl groups is 1. The summed E-state index contributed by atoms with van der Waals surface area (Å²) in [4.78, 5) is 22.6. The van der Waals surface area contributed by atoms with E-state index in [1.165, 1.54) is 0 Å². The van der Waals surface area contributed by atoms with Crippen LogP contribution in [0.25, 0.3) is 0 Å². The zero-order valence-corrected chi connectivity index (χ0v) is 13.0. The van der Waals surface area contributed by atoms with Gasteiger partial charge in [-0.15, -0.1) is 0 Å². The van der Waals surface area contributed by atoms with E-state index in [2.05, 4.69) is 10.6 Å². The minimum Gasteiger partial charge on any atom is -0.481 e. The monoisotopic (exact) mass is 300 g/mol. The Kier molecular flexibility index (Phi) is 7.50. The number of carbonyl (C=O) groups excluding carboxylic acids is 1. The molecule has 6 nitrogen and oxygen atoms in total. The van der Waals surface area contributed by atoms with Crippen molar-refractivity contribution in [3.8, 4) is 0 Å². The summed E-state index contributed by atoms with van der Waals surface area (Å²) in [5.41, 5.74) is 0. The fraction of sp³-hybridized carbons (Fsp3) is 0.867. The molecule has 4 N–H and O–H groups in total. The molecular weight excluding hydrogens is 272 g/mol. The summed E-state index contributed by atoms with van der Waals surface area (Å²) in [6.07, 6.45) is 3.86. The summed E-state index contributed by atoms with van der Waals surface area (Å²) in [5, 5.41) is 24.4. The van der Waals surface area contributed by atoms with Gasteiger partial charge >= 0.3 is 12.0 Å². The minimum atomic E-state index is -0.744. The van der Waals surface area contributed by atoms with Crippen molar-refractivity contribution in [2.75, 3.05) is 6.54 Å². The molecule has 2 amide bonds. The number of nitrogens with one attached hydrogen (secondary N) is 2. The Labute approximate surface area is 126 Å². The van der Waals surface area contributed by atoms with Gasteiger partial charge in [-0.1, -0.05) is 26.7 Å². The first-order valence-electron chi connectivity index (χ1n) is 7.93. The molecule has 0 bridgehead atoms. The Morgan fingerprint density at radius 3 is 2.19 bits per heavy atom. The zero-order valence-electron chi connectivity index (χ0n) is 13.0. The van der Waals surface area contributed by atoms with Crippen molar-refractivity contribution in [2.45, 2.75) is 64.5 Å². The van der Waals surface area contributed by atoms with Crippen LogP contribution in [0, 0.1) is 11.8 Å². The average molecular weight is 300 g/mol. The topological polar surface area (TPSA) is 98.7 Å². The number of amides is 2. The number of hydrogen-bond donors (Lipinski definition) is 4. The number of carbonyl (C=O) groups is 2. The van der Waals surface area contributed by atoms with E-state index in [0.29, 0.717) is 25.7 Å².